The minimum absolute atomic E-state index is 0.142. The normalized spacial score (nSPS) is 20.8. The van der Waals surface area contributed by atoms with Crippen LogP contribution in [-0.4, -0.2) is 11.0 Å². The van der Waals surface area contributed by atoms with Crippen LogP contribution < -0.4 is 5.32 Å². The second-order valence-corrected chi connectivity index (χ2v) is 4.98. The van der Waals surface area contributed by atoms with Gasteiger partial charge in [0, 0.05) is 18.8 Å². The quantitative estimate of drug-likeness (QED) is 0.844. The van der Waals surface area contributed by atoms with Gasteiger partial charge >= 0.3 is 0 Å². The van der Waals surface area contributed by atoms with E-state index in [1.807, 2.05) is 6.20 Å². The van der Waals surface area contributed by atoms with Crippen molar-refractivity contribution in [3.05, 3.63) is 29.3 Å². The maximum absolute atomic E-state index is 13.7. The third kappa shape index (κ3) is 2.09. The molecule has 0 aliphatic heterocycles. The molecule has 0 unspecified atom stereocenters. The number of nitrogens with one attached hydrogen (secondary N) is 1. The Hall–Kier alpha value is -0.960. The SMILES string of the molecule is Fc1cc(C2CC2)cnc1CNC1CCC1. The van der Waals surface area contributed by atoms with Crippen LogP contribution >= 0.6 is 0 Å². The Balaban J connectivity index is 1.64. The number of pyridine rings is 1. The fourth-order valence-electron chi connectivity index (χ4n) is 2.10. The summed E-state index contributed by atoms with van der Waals surface area (Å²) in [6, 6.07) is 2.26. The second-order valence-electron chi connectivity index (χ2n) is 4.98. The monoisotopic (exact) mass is 220 g/mol. The predicted molar refractivity (Wildman–Crippen MR) is 60.6 cm³/mol. The van der Waals surface area contributed by atoms with Crippen molar-refractivity contribution in [2.75, 3.05) is 0 Å². The van der Waals surface area contributed by atoms with Crippen LogP contribution in [0.15, 0.2) is 12.3 Å². The fourth-order valence-corrected chi connectivity index (χ4v) is 2.10. The highest BCUT2D eigenvalue weighted by atomic mass is 19.1. The zero-order valence-corrected chi connectivity index (χ0v) is 9.38. The van der Waals surface area contributed by atoms with Crippen molar-refractivity contribution < 1.29 is 4.39 Å². The van der Waals surface area contributed by atoms with Crippen LogP contribution in [0.25, 0.3) is 0 Å². The first-order chi connectivity index (χ1) is 7.83. The minimum atomic E-state index is -0.142. The van der Waals surface area contributed by atoms with Crippen molar-refractivity contribution in [1.29, 1.82) is 0 Å². The highest BCUT2D eigenvalue weighted by molar-refractivity contribution is 5.23. The molecule has 0 amide bonds. The number of halogens is 1. The maximum Gasteiger partial charge on any atom is 0.146 e. The molecule has 0 aromatic carbocycles. The van der Waals surface area contributed by atoms with Gasteiger partial charge in [-0.1, -0.05) is 6.42 Å². The van der Waals surface area contributed by atoms with Crippen molar-refractivity contribution in [3.63, 3.8) is 0 Å². The number of hydrogen-bond acceptors (Lipinski definition) is 2. The summed E-state index contributed by atoms with van der Waals surface area (Å²) in [6.45, 7) is 0.571. The molecule has 1 aromatic rings. The summed E-state index contributed by atoms with van der Waals surface area (Å²) in [5, 5.41) is 3.34. The van der Waals surface area contributed by atoms with E-state index in [4.69, 9.17) is 0 Å². The largest absolute Gasteiger partial charge is 0.308 e. The van der Waals surface area contributed by atoms with E-state index in [1.165, 1.54) is 32.1 Å². The summed E-state index contributed by atoms with van der Waals surface area (Å²) in [6.07, 6.45) is 7.98. The number of aromatic nitrogens is 1. The Labute approximate surface area is 95.3 Å². The molecule has 2 nitrogen and oxygen atoms in total. The lowest BCUT2D eigenvalue weighted by molar-refractivity contribution is 0.334. The van der Waals surface area contributed by atoms with Crippen LogP contribution in [0.1, 0.15) is 49.3 Å². The molecule has 0 spiro atoms. The summed E-state index contributed by atoms with van der Waals surface area (Å²) >= 11 is 0. The maximum atomic E-state index is 13.7. The minimum Gasteiger partial charge on any atom is -0.308 e. The molecule has 2 aliphatic carbocycles. The predicted octanol–water partition coefficient (Wildman–Crippen LogP) is 2.74. The fraction of sp³-hybridized carbons (Fsp3) is 0.615. The van der Waals surface area contributed by atoms with E-state index in [-0.39, 0.29) is 5.82 Å². The molecule has 0 radical (unpaired) electrons. The van der Waals surface area contributed by atoms with Crippen molar-refractivity contribution in [3.8, 4) is 0 Å². The topological polar surface area (TPSA) is 24.9 Å². The van der Waals surface area contributed by atoms with E-state index < -0.39 is 0 Å². The summed E-state index contributed by atoms with van der Waals surface area (Å²) in [5.41, 5.74) is 1.64. The first kappa shape index (κ1) is 10.2. The van der Waals surface area contributed by atoms with Gasteiger partial charge in [-0.15, -0.1) is 0 Å². The molecule has 0 bridgehead atoms. The molecule has 16 heavy (non-hydrogen) atoms. The third-order valence-corrected chi connectivity index (χ3v) is 3.65. The first-order valence-corrected chi connectivity index (χ1v) is 6.20. The summed E-state index contributed by atoms with van der Waals surface area (Å²) < 4.78 is 13.7. The van der Waals surface area contributed by atoms with E-state index in [2.05, 4.69) is 10.3 Å². The molecule has 1 aromatic heterocycles. The van der Waals surface area contributed by atoms with Crippen molar-refractivity contribution in [2.24, 2.45) is 0 Å². The lowest BCUT2D eigenvalue weighted by Crippen LogP contribution is -2.34. The highest BCUT2D eigenvalue weighted by Gasteiger charge is 2.25. The van der Waals surface area contributed by atoms with Gasteiger partial charge < -0.3 is 5.32 Å². The van der Waals surface area contributed by atoms with E-state index >= 15 is 0 Å². The Morgan fingerprint density at radius 3 is 2.69 bits per heavy atom. The van der Waals surface area contributed by atoms with Gasteiger partial charge in [-0.05, 0) is 43.2 Å². The Morgan fingerprint density at radius 1 is 1.31 bits per heavy atom. The average molecular weight is 220 g/mol. The van der Waals surface area contributed by atoms with Crippen molar-refractivity contribution in [2.45, 2.75) is 50.6 Å². The third-order valence-electron chi connectivity index (χ3n) is 3.65. The van der Waals surface area contributed by atoms with Gasteiger partial charge in [0.05, 0.1) is 5.69 Å². The molecule has 86 valence electrons. The molecule has 2 aliphatic rings. The van der Waals surface area contributed by atoms with Gasteiger partial charge in [0.25, 0.3) is 0 Å². The molecule has 3 heteroatoms. The summed E-state index contributed by atoms with van der Waals surface area (Å²) in [4.78, 5) is 4.23. The lowest BCUT2D eigenvalue weighted by Gasteiger charge is -2.26. The lowest BCUT2D eigenvalue weighted by atomic mass is 9.93. The number of hydrogen-bond donors (Lipinski definition) is 1. The van der Waals surface area contributed by atoms with E-state index in [9.17, 15) is 4.39 Å². The molecule has 1 heterocycles. The van der Waals surface area contributed by atoms with Crippen LogP contribution in [0, 0.1) is 5.82 Å². The van der Waals surface area contributed by atoms with Crippen molar-refractivity contribution in [1.82, 2.24) is 10.3 Å². The van der Waals surface area contributed by atoms with Crippen LogP contribution in [0.2, 0.25) is 0 Å². The molecular formula is C13H17FN2. The average Bonchev–Trinajstić information content (AvgIpc) is 3.01. The van der Waals surface area contributed by atoms with Gasteiger partial charge in [0.2, 0.25) is 0 Å². The van der Waals surface area contributed by atoms with Crippen LogP contribution in [-0.2, 0) is 6.54 Å². The molecule has 0 atom stereocenters. The molecule has 1 N–H and O–H groups in total. The summed E-state index contributed by atoms with van der Waals surface area (Å²) in [7, 11) is 0. The standard InChI is InChI=1S/C13H17FN2/c14-12-6-10(9-4-5-9)7-16-13(12)8-15-11-2-1-3-11/h6-7,9,11,15H,1-5,8H2. The zero-order chi connectivity index (χ0) is 11.0. The Morgan fingerprint density at radius 2 is 2.12 bits per heavy atom. The Kier molecular flexibility index (Phi) is 2.64. The van der Waals surface area contributed by atoms with Gasteiger partial charge in [0.1, 0.15) is 5.82 Å². The smallest absolute Gasteiger partial charge is 0.146 e. The summed E-state index contributed by atoms with van der Waals surface area (Å²) in [5.74, 6) is 0.437. The molecule has 3 rings (SSSR count). The van der Waals surface area contributed by atoms with E-state index in [1.54, 1.807) is 6.07 Å². The first-order valence-electron chi connectivity index (χ1n) is 6.20. The molecular weight excluding hydrogens is 203 g/mol. The number of nitrogens with zero attached hydrogens (tertiary/aromatic N) is 1. The molecule has 2 fully saturated rings. The Bertz CT molecular complexity index is 384. The van der Waals surface area contributed by atoms with E-state index in [0.29, 0.717) is 24.2 Å². The van der Waals surface area contributed by atoms with E-state index in [0.717, 1.165) is 5.56 Å². The highest BCUT2D eigenvalue weighted by Crippen LogP contribution is 2.39. The molecule has 0 saturated heterocycles. The van der Waals surface area contributed by atoms with Gasteiger partial charge in [-0.2, -0.15) is 0 Å². The zero-order valence-electron chi connectivity index (χ0n) is 9.38. The van der Waals surface area contributed by atoms with Crippen LogP contribution in [0.5, 0.6) is 0 Å². The van der Waals surface area contributed by atoms with Gasteiger partial charge in [-0.25, -0.2) is 4.39 Å². The number of rotatable bonds is 4. The second kappa shape index (κ2) is 4.13. The van der Waals surface area contributed by atoms with Gasteiger partial charge in [0.15, 0.2) is 0 Å². The van der Waals surface area contributed by atoms with Crippen LogP contribution in [0.4, 0.5) is 4.39 Å². The van der Waals surface area contributed by atoms with Crippen molar-refractivity contribution >= 4 is 0 Å². The van der Waals surface area contributed by atoms with Crippen LogP contribution in [0.3, 0.4) is 0 Å². The van der Waals surface area contributed by atoms with Gasteiger partial charge in [-0.3, -0.25) is 4.98 Å². The molecule has 2 saturated carbocycles.